The van der Waals surface area contributed by atoms with Gasteiger partial charge >= 0.3 is 0 Å². The number of nitrogens with two attached hydrogens (primary N) is 1. The third-order valence-corrected chi connectivity index (χ3v) is 3.75. The predicted molar refractivity (Wildman–Crippen MR) is 65.3 cm³/mol. The highest BCUT2D eigenvalue weighted by atomic mass is 32.1. The molecule has 2 aromatic heterocycles. The van der Waals surface area contributed by atoms with Gasteiger partial charge in [-0.25, -0.2) is 4.98 Å². The Morgan fingerprint density at radius 1 is 1.56 bits per heavy atom. The van der Waals surface area contributed by atoms with Gasteiger partial charge in [-0.3, -0.25) is 0 Å². The van der Waals surface area contributed by atoms with Crippen molar-refractivity contribution in [2.24, 2.45) is 11.7 Å². The van der Waals surface area contributed by atoms with Gasteiger partial charge in [-0.15, -0.1) is 11.3 Å². The first-order valence-corrected chi connectivity index (χ1v) is 6.55. The van der Waals surface area contributed by atoms with Gasteiger partial charge in [-0.2, -0.15) is 0 Å². The molecule has 0 radical (unpaired) electrons. The van der Waals surface area contributed by atoms with E-state index in [-0.39, 0.29) is 6.04 Å². The van der Waals surface area contributed by atoms with Crippen LogP contribution in [-0.4, -0.2) is 9.55 Å². The van der Waals surface area contributed by atoms with Crippen molar-refractivity contribution in [3.05, 3.63) is 40.6 Å². The molecule has 84 valence electrons. The summed E-state index contributed by atoms with van der Waals surface area (Å²) in [5.74, 6) is 0.718. The van der Waals surface area contributed by atoms with Crippen molar-refractivity contribution in [2.75, 3.05) is 0 Å². The van der Waals surface area contributed by atoms with Crippen LogP contribution in [0.15, 0.2) is 29.4 Å². The molecule has 16 heavy (non-hydrogen) atoms. The van der Waals surface area contributed by atoms with E-state index >= 15 is 0 Å². The van der Waals surface area contributed by atoms with E-state index in [9.17, 15) is 0 Å². The van der Waals surface area contributed by atoms with E-state index in [1.54, 1.807) is 11.3 Å². The molecule has 2 aromatic rings. The summed E-state index contributed by atoms with van der Waals surface area (Å²) in [5.41, 5.74) is 10.4. The van der Waals surface area contributed by atoms with Crippen molar-refractivity contribution in [3.63, 3.8) is 0 Å². The highest BCUT2D eigenvalue weighted by Crippen LogP contribution is 2.39. The molecule has 1 saturated carbocycles. The summed E-state index contributed by atoms with van der Waals surface area (Å²) in [5, 5.41) is 2.08. The fourth-order valence-electron chi connectivity index (χ4n) is 1.99. The summed E-state index contributed by atoms with van der Waals surface area (Å²) < 4.78 is 2.16. The predicted octanol–water partition coefficient (Wildman–Crippen LogP) is 2.40. The Bertz CT molecular complexity index is 456. The molecule has 0 aromatic carbocycles. The van der Waals surface area contributed by atoms with Gasteiger partial charge in [0, 0.05) is 23.8 Å². The number of aromatic nitrogens is 2. The molecule has 0 spiro atoms. The summed E-state index contributed by atoms with van der Waals surface area (Å²) in [7, 11) is 0. The fourth-order valence-corrected chi connectivity index (χ4v) is 2.53. The van der Waals surface area contributed by atoms with E-state index in [0.29, 0.717) is 0 Å². The molecule has 2 heterocycles. The first kappa shape index (κ1) is 10.1. The molecule has 0 aliphatic heterocycles. The quantitative estimate of drug-likeness (QED) is 0.881. The van der Waals surface area contributed by atoms with Crippen LogP contribution in [0.25, 0.3) is 0 Å². The zero-order valence-electron chi connectivity index (χ0n) is 9.04. The molecule has 1 unspecified atom stereocenters. The van der Waals surface area contributed by atoms with Gasteiger partial charge in [-0.05, 0) is 30.4 Å². The number of hydrogen-bond donors (Lipinski definition) is 1. The van der Waals surface area contributed by atoms with Crippen molar-refractivity contribution < 1.29 is 0 Å². The first-order chi connectivity index (χ1) is 7.83. The topological polar surface area (TPSA) is 43.8 Å². The summed E-state index contributed by atoms with van der Waals surface area (Å²) >= 11 is 1.64. The van der Waals surface area contributed by atoms with Crippen LogP contribution in [0.3, 0.4) is 0 Å². The summed E-state index contributed by atoms with van der Waals surface area (Å²) in [6, 6.07) is 2.37. The van der Waals surface area contributed by atoms with E-state index in [1.807, 2.05) is 5.51 Å². The minimum Gasteiger partial charge on any atom is -0.348 e. The maximum Gasteiger partial charge on any atom is 0.0795 e. The van der Waals surface area contributed by atoms with Crippen LogP contribution in [0.5, 0.6) is 0 Å². The van der Waals surface area contributed by atoms with Crippen molar-refractivity contribution >= 4 is 11.3 Å². The second kappa shape index (κ2) is 4.03. The van der Waals surface area contributed by atoms with E-state index < -0.39 is 0 Å². The van der Waals surface area contributed by atoms with E-state index in [1.165, 1.54) is 18.4 Å². The number of hydrogen-bond acceptors (Lipinski definition) is 3. The lowest BCUT2D eigenvalue weighted by Gasteiger charge is -2.07. The molecule has 4 heteroatoms. The SMILES string of the molecule is NC(c1ccn(Cc2cscn2)c1)C1CC1. The summed E-state index contributed by atoms with van der Waals surface area (Å²) in [6.45, 7) is 0.848. The lowest BCUT2D eigenvalue weighted by Crippen LogP contribution is -2.11. The average molecular weight is 233 g/mol. The van der Waals surface area contributed by atoms with Crippen molar-refractivity contribution in [3.8, 4) is 0 Å². The van der Waals surface area contributed by atoms with Gasteiger partial charge < -0.3 is 10.3 Å². The molecule has 0 amide bonds. The molecule has 3 rings (SSSR count). The molecular formula is C12H15N3S. The van der Waals surface area contributed by atoms with Crippen molar-refractivity contribution in [1.29, 1.82) is 0 Å². The van der Waals surface area contributed by atoms with E-state index in [0.717, 1.165) is 18.2 Å². The number of rotatable bonds is 4. The smallest absolute Gasteiger partial charge is 0.0795 e. The third kappa shape index (κ3) is 2.03. The van der Waals surface area contributed by atoms with E-state index in [4.69, 9.17) is 5.73 Å². The Kier molecular flexibility index (Phi) is 2.53. The van der Waals surface area contributed by atoms with Gasteiger partial charge in [0.2, 0.25) is 0 Å². The third-order valence-electron chi connectivity index (χ3n) is 3.12. The number of nitrogens with zero attached hydrogens (tertiary/aromatic N) is 2. The second-order valence-corrected chi connectivity index (χ2v) is 5.18. The van der Waals surface area contributed by atoms with Crippen LogP contribution in [0.4, 0.5) is 0 Å². The van der Waals surface area contributed by atoms with Gasteiger partial charge in [0.25, 0.3) is 0 Å². The average Bonchev–Trinajstić information content (AvgIpc) is 2.82. The highest BCUT2D eigenvalue weighted by molar-refractivity contribution is 7.07. The molecule has 3 nitrogen and oxygen atoms in total. The van der Waals surface area contributed by atoms with Crippen LogP contribution in [0.2, 0.25) is 0 Å². The fraction of sp³-hybridized carbons (Fsp3) is 0.417. The van der Waals surface area contributed by atoms with Gasteiger partial charge in [0.1, 0.15) is 0 Å². The Labute approximate surface area is 98.9 Å². The largest absolute Gasteiger partial charge is 0.348 e. The Balaban J connectivity index is 1.72. The van der Waals surface area contributed by atoms with E-state index in [2.05, 4.69) is 33.4 Å². The Morgan fingerprint density at radius 3 is 3.12 bits per heavy atom. The maximum atomic E-state index is 6.16. The summed E-state index contributed by atoms with van der Waals surface area (Å²) in [6.07, 6.45) is 6.83. The molecule has 1 aliphatic carbocycles. The Hall–Kier alpha value is -1.13. The molecule has 1 atom stereocenters. The van der Waals surface area contributed by atoms with Gasteiger partial charge in [0.15, 0.2) is 0 Å². The molecule has 2 N–H and O–H groups in total. The lowest BCUT2D eigenvalue weighted by atomic mass is 10.1. The minimum atomic E-state index is 0.233. The van der Waals surface area contributed by atoms with Crippen LogP contribution in [0, 0.1) is 5.92 Å². The minimum absolute atomic E-state index is 0.233. The zero-order chi connectivity index (χ0) is 11.0. The zero-order valence-corrected chi connectivity index (χ0v) is 9.86. The molecular weight excluding hydrogens is 218 g/mol. The normalized spacial score (nSPS) is 17.6. The standard InChI is InChI=1S/C12H15N3S/c13-12(9-1-2-9)10-3-4-15(5-10)6-11-7-16-8-14-11/h3-5,7-9,12H,1-2,6,13H2. The number of thiazole rings is 1. The lowest BCUT2D eigenvalue weighted by molar-refractivity contribution is 0.630. The molecule has 1 aliphatic rings. The molecule has 0 bridgehead atoms. The van der Waals surface area contributed by atoms with Crippen LogP contribution in [0.1, 0.15) is 30.1 Å². The van der Waals surface area contributed by atoms with Crippen molar-refractivity contribution in [1.82, 2.24) is 9.55 Å². The van der Waals surface area contributed by atoms with Crippen LogP contribution in [-0.2, 0) is 6.54 Å². The van der Waals surface area contributed by atoms with Crippen LogP contribution >= 0.6 is 11.3 Å². The van der Waals surface area contributed by atoms with Crippen LogP contribution < -0.4 is 5.73 Å². The highest BCUT2D eigenvalue weighted by Gasteiger charge is 2.29. The second-order valence-electron chi connectivity index (χ2n) is 4.46. The summed E-state index contributed by atoms with van der Waals surface area (Å²) in [4.78, 5) is 4.28. The Morgan fingerprint density at radius 2 is 2.44 bits per heavy atom. The molecule has 0 saturated heterocycles. The first-order valence-electron chi connectivity index (χ1n) is 5.61. The van der Waals surface area contributed by atoms with Gasteiger partial charge in [0.05, 0.1) is 17.7 Å². The monoisotopic (exact) mass is 233 g/mol. The maximum absolute atomic E-state index is 6.16. The van der Waals surface area contributed by atoms with Gasteiger partial charge in [-0.1, -0.05) is 0 Å². The molecule has 1 fully saturated rings. The van der Waals surface area contributed by atoms with Crippen molar-refractivity contribution in [2.45, 2.75) is 25.4 Å².